The lowest BCUT2D eigenvalue weighted by molar-refractivity contribution is -0.140. The molecule has 1 aliphatic carbocycles. The first-order valence-corrected chi connectivity index (χ1v) is 7.36. The van der Waals surface area contributed by atoms with Gasteiger partial charge in [0, 0.05) is 6.04 Å². The summed E-state index contributed by atoms with van der Waals surface area (Å²) in [4.78, 5) is 11.5. The first-order chi connectivity index (χ1) is 9.60. The van der Waals surface area contributed by atoms with Crippen LogP contribution in [-0.2, 0) is 11.2 Å². The number of hydrogen-bond acceptors (Lipinski definition) is 3. The number of rotatable bonds is 5. The second-order valence-corrected chi connectivity index (χ2v) is 5.54. The minimum absolute atomic E-state index is 0.172. The predicted molar refractivity (Wildman–Crippen MR) is 77.6 cm³/mol. The zero-order valence-electron chi connectivity index (χ0n) is 11.9. The average Bonchev–Trinajstić information content (AvgIpc) is 2.46. The Morgan fingerprint density at radius 2 is 1.85 bits per heavy atom. The fraction of sp³-hybridized carbons (Fsp3) is 0.562. The number of carboxylic acid groups (broad SMARTS) is 1. The van der Waals surface area contributed by atoms with Gasteiger partial charge in [-0.3, -0.25) is 10.1 Å². The summed E-state index contributed by atoms with van der Waals surface area (Å²) in [5, 5.41) is 22.1. The number of benzene rings is 1. The molecule has 1 unspecified atom stereocenters. The summed E-state index contributed by atoms with van der Waals surface area (Å²) in [6.07, 6.45) is 3.89. The van der Waals surface area contributed by atoms with Gasteiger partial charge in [-0.25, -0.2) is 0 Å². The van der Waals surface area contributed by atoms with E-state index in [0.29, 0.717) is 0 Å². The van der Waals surface area contributed by atoms with Gasteiger partial charge >= 0.3 is 5.97 Å². The summed E-state index contributed by atoms with van der Waals surface area (Å²) in [7, 11) is 0. The molecule has 0 spiro atoms. The predicted octanol–water partition coefficient (Wildman–Crippen LogP) is 2.27. The Hall–Kier alpha value is -1.39. The van der Waals surface area contributed by atoms with Gasteiger partial charge in [0.2, 0.25) is 0 Å². The van der Waals surface area contributed by atoms with Crippen molar-refractivity contribution in [3.8, 4) is 0 Å². The van der Waals surface area contributed by atoms with Crippen molar-refractivity contribution in [2.24, 2.45) is 0 Å². The molecule has 1 aromatic rings. The second kappa shape index (κ2) is 6.86. The average molecular weight is 277 g/mol. The molecular formula is C16H23NO3. The van der Waals surface area contributed by atoms with E-state index in [1.807, 2.05) is 24.3 Å². The summed E-state index contributed by atoms with van der Waals surface area (Å²) < 4.78 is 0. The molecule has 0 aliphatic heterocycles. The fourth-order valence-electron chi connectivity index (χ4n) is 2.73. The maximum atomic E-state index is 11.5. The second-order valence-electron chi connectivity index (χ2n) is 5.54. The molecule has 1 aromatic carbocycles. The minimum atomic E-state index is -0.847. The molecule has 0 amide bonds. The highest BCUT2D eigenvalue weighted by Crippen LogP contribution is 2.22. The molecule has 20 heavy (non-hydrogen) atoms. The first kappa shape index (κ1) is 15.0. The van der Waals surface area contributed by atoms with Crippen LogP contribution in [0.25, 0.3) is 0 Å². The number of aryl methyl sites for hydroxylation is 1. The Balaban J connectivity index is 2.04. The molecule has 0 radical (unpaired) electrons. The van der Waals surface area contributed by atoms with Crippen LogP contribution in [0.1, 0.15) is 49.8 Å². The number of aliphatic carboxylic acids is 1. The summed E-state index contributed by atoms with van der Waals surface area (Å²) in [6, 6.07) is 7.26. The van der Waals surface area contributed by atoms with Gasteiger partial charge in [-0.05, 0) is 43.2 Å². The zero-order chi connectivity index (χ0) is 14.5. The van der Waals surface area contributed by atoms with Crippen molar-refractivity contribution in [3.63, 3.8) is 0 Å². The highest BCUT2D eigenvalue weighted by atomic mass is 16.4. The molecule has 0 saturated heterocycles. The lowest BCUT2D eigenvalue weighted by Gasteiger charge is -2.29. The molecule has 1 aliphatic rings. The van der Waals surface area contributed by atoms with E-state index in [1.54, 1.807) is 0 Å². The van der Waals surface area contributed by atoms with E-state index in [-0.39, 0.29) is 12.1 Å². The van der Waals surface area contributed by atoms with Crippen LogP contribution in [0.15, 0.2) is 24.3 Å². The molecule has 1 atom stereocenters. The monoisotopic (exact) mass is 277 g/mol. The summed E-state index contributed by atoms with van der Waals surface area (Å²) in [6.45, 7) is 2.08. The number of nitrogens with one attached hydrogen (secondary N) is 1. The van der Waals surface area contributed by atoms with Crippen LogP contribution in [0.3, 0.4) is 0 Å². The zero-order valence-corrected chi connectivity index (χ0v) is 11.9. The molecule has 1 saturated carbocycles. The topological polar surface area (TPSA) is 69.6 Å². The molecule has 110 valence electrons. The molecule has 0 aromatic heterocycles. The number of hydrogen-bond donors (Lipinski definition) is 3. The van der Waals surface area contributed by atoms with Crippen molar-refractivity contribution in [2.75, 3.05) is 0 Å². The van der Waals surface area contributed by atoms with Crippen molar-refractivity contribution in [1.82, 2.24) is 5.32 Å². The van der Waals surface area contributed by atoms with E-state index in [0.717, 1.165) is 37.7 Å². The van der Waals surface area contributed by atoms with Crippen molar-refractivity contribution in [1.29, 1.82) is 0 Å². The molecule has 4 heteroatoms. The lowest BCUT2D eigenvalue weighted by Crippen LogP contribution is -2.40. The molecule has 2 rings (SSSR count). The third-order valence-electron chi connectivity index (χ3n) is 4.07. The van der Waals surface area contributed by atoms with Gasteiger partial charge in [-0.15, -0.1) is 0 Å². The fourth-order valence-corrected chi connectivity index (χ4v) is 2.73. The Labute approximate surface area is 119 Å². The summed E-state index contributed by atoms with van der Waals surface area (Å²) in [5.74, 6) is -0.847. The molecule has 0 heterocycles. The van der Waals surface area contributed by atoms with Crippen LogP contribution in [0.5, 0.6) is 0 Å². The maximum absolute atomic E-state index is 11.5. The number of carboxylic acids is 1. The van der Waals surface area contributed by atoms with E-state index < -0.39 is 12.0 Å². The third kappa shape index (κ3) is 3.81. The van der Waals surface area contributed by atoms with Gasteiger partial charge in [0.25, 0.3) is 0 Å². The van der Waals surface area contributed by atoms with Gasteiger partial charge in [0.1, 0.15) is 6.04 Å². The highest BCUT2D eigenvalue weighted by Gasteiger charge is 2.26. The quantitative estimate of drug-likeness (QED) is 0.772. The van der Waals surface area contributed by atoms with Crippen molar-refractivity contribution < 1.29 is 15.0 Å². The van der Waals surface area contributed by atoms with E-state index >= 15 is 0 Å². The van der Waals surface area contributed by atoms with Crippen LogP contribution in [0, 0.1) is 0 Å². The minimum Gasteiger partial charge on any atom is -0.480 e. The van der Waals surface area contributed by atoms with Crippen LogP contribution >= 0.6 is 0 Å². The largest absolute Gasteiger partial charge is 0.480 e. The van der Waals surface area contributed by atoms with Crippen molar-refractivity contribution >= 4 is 5.97 Å². The lowest BCUT2D eigenvalue weighted by atomic mass is 9.92. The number of aliphatic hydroxyl groups is 1. The smallest absolute Gasteiger partial charge is 0.325 e. The van der Waals surface area contributed by atoms with Gasteiger partial charge < -0.3 is 10.2 Å². The van der Waals surface area contributed by atoms with Crippen LogP contribution in [0.4, 0.5) is 0 Å². The van der Waals surface area contributed by atoms with Gasteiger partial charge in [0.05, 0.1) is 6.10 Å². The standard InChI is InChI=1S/C16H23NO3/c1-2-11-3-5-12(6-4-11)15(16(19)20)17-13-7-9-14(18)10-8-13/h3-6,13-15,17-18H,2,7-10H2,1H3,(H,19,20). The number of aliphatic hydroxyl groups excluding tert-OH is 1. The Kier molecular flexibility index (Phi) is 5.15. The molecule has 4 nitrogen and oxygen atoms in total. The van der Waals surface area contributed by atoms with Crippen LogP contribution in [-0.4, -0.2) is 28.3 Å². The number of carbonyl (C=O) groups is 1. The van der Waals surface area contributed by atoms with Gasteiger partial charge in [0.15, 0.2) is 0 Å². The van der Waals surface area contributed by atoms with Gasteiger partial charge in [-0.2, -0.15) is 0 Å². The molecule has 0 bridgehead atoms. The normalized spacial score (nSPS) is 24.3. The van der Waals surface area contributed by atoms with Gasteiger partial charge in [-0.1, -0.05) is 31.2 Å². The summed E-state index contributed by atoms with van der Waals surface area (Å²) >= 11 is 0. The molecular weight excluding hydrogens is 254 g/mol. The van der Waals surface area contributed by atoms with E-state index in [1.165, 1.54) is 5.56 Å². The molecule has 3 N–H and O–H groups in total. The summed E-state index contributed by atoms with van der Waals surface area (Å²) in [5.41, 5.74) is 2.00. The van der Waals surface area contributed by atoms with Crippen molar-refractivity contribution in [3.05, 3.63) is 35.4 Å². The SMILES string of the molecule is CCc1ccc(C(NC2CCC(O)CC2)C(=O)O)cc1. The van der Waals surface area contributed by atoms with E-state index in [9.17, 15) is 15.0 Å². The Morgan fingerprint density at radius 3 is 2.35 bits per heavy atom. The van der Waals surface area contributed by atoms with Crippen LogP contribution in [0.2, 0.25) is 0 Å². The highest BCUT2D eigenvalue weighted by molar-refractivity contribution is 5.75. The maximum Gasteiger partial charge on any atom is 0.325 e. The van der Waals surface area contributed by atoms with Crippen molar-refractivity contribution in [2.45, 2.75) is 57.2 Å². The Morgan fingerprint density at radius 1 is 1.25 bits per heavy atom. The van der Waals surface area contributed by atoms with Crippen LogP contribution < -0.4 is 5.32 Å². The van der Waals surface area contributed by atoms with E-state index in [2.05, 4.69) is 12.2 Å². The Bertz CT molecular complexity index is 436. The first-order valence-electron chi connectivity index (χ1n) is 7.36. The van der Waals surface area contributed by atoms with E-state index in [4.69, 9.17) is 0 Å². The third-order valence-corrected chi connectivity index (χ3v) is 4.07. The molecule has 1 fully saturated rings.